The third-order valence-electron chi connectivity index (χ3n) is 3.99. The molecule has 2 N–H and O–H groups in total. The van der Waals surface area contributed by atoms with Crippen LogP contribution >= 0.6 is 11.3 Å². The summed E-state index contributed by atoms with van der Waals surface area (Å²) in [7, 11) is -3.49. The molecular formula is C14H24N2O3S2. The lowest BCUT2D eigenvalue weighted by molar-refractivity contribution is 0.159. The molecule has 1 saturated heterocycles. The Morgan fingerprint density at radius 2 is 2.29 bits per heavy atom. The second-order valence-corrected chi connectivity index (χ2v) is 8.23. The van der Waals surface area contributed by atoms with Gasteiger partial charge in [0.1, 0.15) is 0 Å². The Hall–Kier alpha value is -0.470. The molecule has 0 bridgehead atoms. The van der Waals surface area contributed by atoms with Gasteiger partial charge < -0.3 is 10.0 Å². The lowest BCUT2D eigenvalue weighted by Crippen LogP contribution is -2.39. The van der Waals surface area contributed by atoms with Gasteiger partial charge in [0.25, 0.3) is 0 Å². The van der Waals surface area contributed by atoms with Gasteiger partial charge in [-0.25, -0.2) is 13.1 Å². The lowest BCUT2D eigenvalue weighted by atomic mass is 10.0. The Balaban J connectivity index is 1.80. The van der Waals surface area contributed by atoms with Gasteiger partial charge in [-0.3, -0.25) is 0 Å². The van der Waals surface area contributed by atoms with E-state index in [4.69, 9.17) is 5.11 Å². The van der Waals surface area contributed by atoms with Gasteiger partial charge in [0.05, 0.1) is 11.5 Å². The monoisotopic (exact) mass is 332 g/mol. The van der Waals surface area contributed by atoms with Gasteiger partial charge in [0.15, 0.2) is 0 Å². The van der Waals surface area contributed by atoms with E-state index in [9.17, 15) is 8.42 Å². The van der Waals surface area contributed by atoms with Gasteiger partial charge in [0.2, 0.25) is 10.0 Å². The Kier molecular flexibility index (Phi) is 6.19. The van der Waals surface area contributed by atoms with E-state index < -0.39 is 10.0 Å². The molecule has 0 radical (unpaired) electrons. The number of piperidine rings is 1. The number of hydrogen-bond donors (Lipinski definition) is 2. The molecule has 1 aromatic rings. The van der Waals surface area contributed by atoms with E-state index in [2.05, 4.69) is 16.5 Å². The lowest BCUT2D eigenvalue weighted by Gasteiger charge is -2.33. The summed E-state index contributed by atoms with van der Waals surface area (Å²) in [6.07, 6.45) is 4.58. The molecule has 1 atom stereocenters. The van der Waals surface area contributed by atoms with Gasteiger partial charge in [0, 0.05) is 17.5 Å². The molecule has 1 fully saturated rings. The van der Waals surface area contributed by atoms with Crippen LogP contribution in [0.15, 0.2) is 16.3 Å². The standard InChI is InChI=1S/C14H24N2O3S2/c1-12-5-2-3-8-16(12)9-4-7-15-21(18,19)14-6-10-20-13(14)11-17/h6,10,12,15,17H,2-5,7-9,11H2,1H3. The van der Waals surface area contributed by atoms with Crippen molar-refractivity contribution in [3.63, 3.8) is 0 Å². The zero-order chi connectivity index (χ0) is 15.3. The maximum Gasteiger partial charge on any atom is 0.241 e. The van der Waals surface area contributed by atoms with Crippen LogP contribution in [0, 0.1) is 0 Å². The van der Waals surface area contributed by atoms with Crippen molar-refractivity contribution >= 4 is 21.4 Å². The molecule has 2 heterocycles. The largest absolute Gasteiger partial charge is 0.391 e. The number of aliphatic hydroxyl groups excluding tert-OH is 1. The summed E-state index contributed by atoms with van der Waals surface area (Å²) in [4.78, 5) is 3.13. The van der Waals surface area contributed by atoms with Crippen LogP contribution in [0.4, 0.5) is 0 Å². The predicted molar refractivity (Wildman–Crippen MR) is 84.9 cm³/mol. The van der Waals surface area contributed by atoms with Crippen molar-refractivity contribution in [2.24, 2.45) is 0 Å². The SMILES string of the molecule is CC1CCCCN1CCCNS(=O)(=O)c1ccsc1CO. The second-order valence-electron chi connectivity index (χ2n) is 5.50. The van der Waals surface area contributed by atoms with Crippen LogP contribution in [0.2, 0.25) is 0 Å². The van der Waals surface area contributed by atoms with E-state index in [1.807, 2.05) is 0 Å². The molecule has 1 aliphatic heterocycles. The number of likely N-dealkylation sites (tertiary alicyclic amines) is 1. The fourth-order valence-corrected chi connectivity index (χ4v) is 5.11. The van der Waals surface area contributed by atoms with Crippen molar-refractivity contribution in [1.29, 1.82) is 0 Å². The average molecular weight is 332 g/mol. The molecule has 120 valence electrons. The molecule has 0 amide bonds. The van der Waals surface area contributed by atoms with Crippen LogP contribution in [0.5, 0.6) is 0 Å². The minimum atomic E-state index is -3.49. The maximum atomic E-state index is 12.2. The first-order valence-corrected chi connectivity index (χ1v) is 9.82. The average Bonchev–Trinajstić information content (AvgIpc) is 2.95. The van der Waals surface area contributed by atoms with Gasteiger partial charge >= 0.3 is 0 Å². The van der Waals surface area contributed by atoms with Crippen LogP contribution in [0.3, 0.4) is 0 Å². The van der Waals surface area contributed by atoms with Gasteiger partial charge in [-0.05, 0) is 50.7 Å². The zero-order valence-electron chi connectivity index (χ0n) is 12.4. The Labute approximate surface area is 131 Å². The predicted octanol–water partition coefficient (Wildman–Crippen LogP) is 1.78. The molecule has 2 rings (SSSR count). The quantitative estimate of drug-likeness (QED) is 0.747. The van der Waals surface area contributed by atoms with Crippen LogP contribution in [0.1, 0.15) is 37.5 Å². The van der Waals surface area contributed by atoms with E-state index in [1.165, 1.54) is 30.6 Å². The van der Waals surface area contributed by atoms with Crippen LogP contribution in [0.25, 0.3) is 0 Å². The van der Waals surface area contributed by atoms with Gasteiger partial charge in [-0.1, -0.05) is 6.42 Å². The van der Waals surface area contributed by atoms with Crippen molar-refractivity contribution in [3.8, 4) is 0 Å². The highest BCUT2D eigenvalue weighted by atomic mass is 32.2. The number of hydrogen-bond acceptors (Lipinski definition) is 5. The normalized spacial score (nSPS) is 20.8. The summed E-state index contributed by atoms with van der Waals surface area (Å²) >= 11 is 1.26. The van der Waals surface area contributed by atoms with Crippen LogP contribution in [-0.4, -0.2) is 44.1 Å². The molecule has 1 aromatic heterocycles. The number of aliphatic hydroxyl groups is 1. The first kappa shape index (κ1) is 16.9. The number of nitrogens with zero attached hydrogens (tertiary/aromatic N) is 1. The molecule has 0 saturated carbocycles. The van der Waals surface area contributed by atoms with Crippen molar-refractivity contribution in [2.75, 3.05) is 19.6 Å². The minimum Gasteiger partial charge on any atom is -0.391 e. The molecule has 0 aromatic carbocycles. The summed E-state index contributed by atoms with van der Waals surface area (Å²) in [5.41, 5.74) is 0. The van der Waals surface area contributed by atoms with Crippen LogP contribution < -0.4 is 4.72 Å². The van der Waals surface area contributed by atoms with Gasteiger partial charge in [-0.15, -0.1) is 11.3 Å². The van der Waals surface area contributed by atoms with E-state index >= 15 is 0 Å². The Bertz CT molecular complexity index is 542. The summed E-state index contributed by atoms with van der Waals surface area (Å²) < 4.78 is 27.0. The second kappa shape index (κ2) is 7.69. The first-order valence-electron chi connectivity index (χ1n) is 7.45. The van der Waals surface area contributed by atoms with Crippen molar-refractivity contribution in [3.05, 3.63) is 16.3 Å². The van der Waals surface area contributed by atoms with Crippen molar-refractivity contribution in [2.45, 2.75) is 50.2 Å². The highest BCUT2D eigenvalue weighted by Gasteiger charge is 2.20. The van der Waals surface area contributed by atoms with Crippen molar-refractivity contribution in [1.82, 2.24) is 9.62 Å². The molecule has 7 heteroatoms. The van der Waals surface area contributed by atoms with Crippen molar-refractivity contribution < 1.29 is 13.5 Å². The molecular weight excluding hydrogens is 308 g/mol. The topological polar surface area (TPSA) is 69.6 Å². The molecule has 0 spiro atoms. The number of sulfonamides is 1. The first-order chi connectivity index (χ1) is 10.0. The summed E-state index contributed by atoms with van der Waals surface area (Å²) in [5.74, 6) is 0. The maximum absolute atomic E-state index is 12.2. The van der Waals surface area contributed by atoms with E-state index in [0.717, 1.165) is 19.5 Å². The smallest absolute Gasteiger partial charge is 0.241 e. The zero-order valence-corrected chi connectivity index (χ0v) is 14.0. The number of nitrogens with one attached hydrogen (secondary N) is 1. The highest BCUT2D eigenvalue weighted by Crippen LogP contribution is 2.21. The van der Waals surface area contributed by atoms with E-state index in [1.54, 1.807) is 11.4 Å². The van der Waals surface area contributed by atoms with Crippen LogP contribution in [-0.2, 0) is 16.6 Å². The minimum absolute atomic E-state index is 0.210. The highest BCUT2D eigenvalue weighted by molar-refractivity contribution is 7.89. The summed E-state index contributed by atoms with van der Waals surface area (Å²) in [6, 6.07) is 2.15. The Morgan fingerprint density at radius 1 is 1.48 bits per heavy atom. The third-order valence-corrected chi connectivity index (χ3v) is 6.57. The number of thiophene rings is 1. The van der Waals surface area contributed by atoms with Gasteiger partial charge in [-0.2, -0.15) is 0 Å². The fraction of sp³-hybridized carbons (Fsp3) is 0.714. The molecule has 5 nitrogen and oxygen atoms in total. The summed E-state index contributed by atoms with van der Waals surface area (Å²) in [6.45, 7) is 4.49. The third kappa shape index (κ3) is 4.50. The molecule has 1 aliphatic rings. The molecule has 1 unspecified atom stereocenters. The molecule has 0 aliphatic carbocycles. The van der Waals surface area contributed by atoms with E-state index in [0.29, 0.717) is 17.5 Å². The Morgan fingerprint density at radius 3 is 3.00 bits per heavy atom. The molecule has 21 heavy (non-hydrogen) atoms. The fourth-order valence-electron chi connectivity index (χ4n) is 2.74. The van der Waals surface area contributed by atoms with E-state index in [-0.39, 0.29) is 11.5 Å². The summed E-state index contributed by atoms with van der Waals surface area (Å²) in [5, 5.41) is 10.8. The number of rotatable bonds is 7.